The lowest BCUT2D eigenvalue weighted by molar-refractivity contribution is 0.0692. The first-order valence-corrected chi connectivity index (χ1v) is 5.78. The van der Waals surface area contributed by atoms with Gasteiger partial charge in [0.25, 0.3) is 5.91 Å². The minimum absolute atomic E-state index is 0.0850. The summed E-state index contributed by atoms with van der Waals surface area (Å²) in [7, 11) is 0. The van der Waals surface area contributed by atoms with Gasteiger partial charge in [0.1, 0.15) is 10.8 Å². The van der Waals surface area contributed by atoms with Gasteiger partial charge in [0.15, 0.2) is 5.69 Å². The summed E-state index contributed by atoms with van der Waals surface area (Å²) in [6.45, 7) is 0. The minimum Gasteiger partial charge on any atom is -0.476 e. The van der Waals surface area contributed by atoms with Crippen LogP contribution in [-0.4, -0.2) is 27.0 Å². The molecule has 2 aromatic rings. The summed E-state index contributed by atoms with van der Waals surface area (Å²) in [5.41, 5.74) is -0.0448. The molecule has 0 aliphatic heterocycles. The SMILES string of the molecule is O=C(Nc1cccnc1C(=O)O)c1cc(Cl)c(Cl)[nH]1. The Morgan fingerprint density at radius 3 is 2.68 bits per heavy atom. The van der Waals surface area contributed by atoms with Gasteiger partial charge in [0.05, 0.1) is 10.7 Å². The van der Waals surface area contributed by atoms with Gasteiger partial charge in [-0.15, -0.1) is 0 Å². The molecule has 19 heavy (non-hydrogen) atoms. The van der Waals surface area contributed by atoms with Gasteiger partial charge in [-0.05, 0) is 18.2 Å². The molecule has 0 fully saturated rings. The maximum absolute atomic E-state index is 11.9. The highest BCUT2D eigenvalue weighted by Gasteiger charge is 2.16. The average Bonchev–Trinajstić information content (AvgIpc) is 2.70. The standard InChI is InChI=1S/C11H7Cl2N3O3/c12-5-4-7(15-9(5)13)10(17)16-6-2-1-3-14-8(6)11(18)19/h1-4,15H,(H,16,17)(H,18,19). The van der Waals surface area contributed by atoms with Crippen LogP contribution in [0, 0.1) is 0 Å². The van der Waals surface area contributed by atoms with Crippen molar-refractivity contribution in [1.82, 2.24) is 9.97 Å². The molecule has 2 heterocycles. The molecule has 0 aromatic carbocycles. The highest BCUT2D eigenvalue weighted by Crippen LogP contribution is 2.22. The van der Waals surface area contributed by atoms with Crippen LogP contribution in [0.25, 0.3) is 0 Å². The predicted octanol–water partition coefficient (Wildman–Crippen LogP) is 2.67. The number of amides is 1. The molecule has 0 aliphatic carbocycles. The summed E-state index contributed by atoms with van der Waals surface area (Å²) in [6.07, 6.45) is 1.32. The van der Waals surface area contributed by atoms with Gasteiger partial charge in [0, 0.05) is 6.20 Å². The molecule has 0 unspecified atom stereocenters. The van der Waals surface area contributed by atoms with Crippen LogP contribution in [0.3, 0.4) is 0 Å². The van der Waals surface area contributed by atoms with Gasteiger partial charge >= 0.3 is 5.97 Å². The Morgan fingerprint density at radius 1 is 1.37 bits per heavy atom. The van der Waals surface area contributed by atoms with Crippen LogP contribution in [0.1, 0.15) is 21.0 Å². The number of rotatable bonds is 3. The summed E-state index contributed by atoms with van der Waals surface area (Å²) < 4.78 is 0. The molecule has 0 bridgehead atoms. The third kappa shape index (κ3) is 2.86. The molecular weight excluding hydrogens is 293 g/mol. The lowest BCUT2D eigenvalue weighted by atomic mass is 10.3. The fourth-order valence-corrected chi connectivity index (χ4v) is 1.71. The van der Waals surface area contributed by atoms with E-state index in [1.807, 2.05) is 0 Å². The van der Waals surface area contributed by atoms with E-state index in [4.69, 9.17) is 28.3 Å². The Balaban J connectivity index is 2.26. The Hall–Kier alpha value is -2.05. The fourth-order valence-electron chi connectivity index (χ4n) is 1.39. The van der Waals surface area contributed by atoms with Gasteiger partial charge in [-0.3, -0.25) is 4.79 Å². The van der Waals surface area contributed by atoms with Gasteiger partial charge in [-0.1, -0.05) is 23.2 Å². The number of carbonyl (C=O) groups is 2. The van der Waals surface area contributed by atoms with E-state index in [2.05, 4.69) is 15.3 Å². The zero-order chi connectivity index (χ0) is 14.0. The first-order chi connectivity index (χ1) is 8.99. The number of nitrogens with zero attached hydrogens (tertiary/aromatic N) is 1. The number of nitrogens with one attached hydrogen (secondary N) is 2. The van der Waals surface area contributed by atoms with Crippen LogP contribution in [-0.2, 0) is 0 Å². The number of aromatic carboxylic acids is 1. The third-order valence-corrected chi connectivity index (χ3v) is 2.92. The van der Waals surface area contributed by atoms with Crippen molar-refractivity contribution in [2.24, 2.45) is 0 Å². The van der Waals surface area contributed by atoms with Crippen molar-refractivity contribution in [3.05, 3.63) is 46.0 Å². The fraction of sp³-hybridized carbons (Fsp3) is 0. The molecule has 0 saturated heterocycles. The van der Waals surface area contributed by atoms with Crippen LogP contribution >= 0.6 is 23.2 Å². The molecule has 0 spiro atoms. The Kier molecular flexibility index (Phi) is 3.73. The third-order valence-electron chi connectivity index (χ3n) is 2.23. The van der Waals surface area contributed by atoms with Crippen molar-refractivity contribution in [3.8, 4) is 0 Å². The van der Waals surface area contributed by atoms with Crippen molar-refractivity contribution in [2.45, 2.75) is 0 Å². The van der Waals surface area contributed by atoms with E-state index in [9.17, 15) is 9.59 Å². The van der Waals surface area contributed by atoms with E-state index in [1.54, 1.807) is 0 Å². The largest absolute Gasteiger partial charge is 0.476 e. The second kappa shape index (κ2) is 5.29. The van der Waals surface area contributed by atoms with Crippen LogP contribution in [0.5, 0.6) is 0 Å². The maximum Gasteiger partial charge on any atom is 0.356 e. The molecule has 8 heteroatoms. The molecule has 2 aromatic heterocycles. The molecule has 98 valence electrons. The number of pyridine rings is 1. The van der Waals surface area contributed by atoms with Crippen LogP contribution in [0.2, 0.25) is 10.2 Å². The topological polar surface area (TPSA) is 95.1 Å². The van der Waals surface area contributed by atoms with E-state index in [0.717, 1.165) is 0 Å². The zero-order valence-electron chi connectivity index (χ0n) is 9.28. The van der Waals surface area contributed by atoms with Crippen molar-refractivity contribution >= 4 is 40.8 Å². The second-order valence-corrected chi connectivity index (χ2v) is 4.29. The summed E-state index contributed by atoms with van der Waals surface area (Å²) in [5, 5.41) is 11.7. The summed E-state index contributed by atoms with van der Waals surface area (Å²) in [4.78, 5) is 29.0. The number of carboxylic acid groups (broad SMARTS) is 1. The normalized spacial score (nSPS) is 10.2. The number of H-pyrrole nitrogens is 1. The van der Waals surface area contributed by atoms with Crippen molar-refractivity contribution in [1.29, 1.82) is 0 Å². The highest BCUT2D eigenvalue weighted by atomic mass is 35.5. The lowest BCUT2D eigenvalue weighted by Gasteiger charge is -2.05. The molecule has 1 amide bonds. The number of carboxylic acids is 1. The molecular formula is C11H7Cl2N3O3. The molecule has 6 nitrogen and oxygen atoms in total. The van der Waals surface area contributed by atoms with E-state index in [1.165, 1.54) is 24.4 Å². The van der Waals surface area contributed by atoms with E-state index in [0.29, 0.717) is 0 Å². The summed E-state index contributed by atoms with van der Waals surface area (Å²) >= 11 is 11.4. The van der Waals surface area contributed by atoms with Crippen molar-refractivity contribution in [2.75, 3.05) is 5.32 Å². The Labute approximate surface area is 117 Å². The number of aromatic amines is 1. The number of carbonyl (C=O) groups excluding carboxylic acids is 1. The number of hydrogen-bond donors (Lipinski definition) is 3. The van der Waals surface area contributed by atoms with Gasteiger partial charge in [-0.2, -0.15) is 0 Å². The number of halogens is 2. The quantitative estimate of drug-likeness (QED) is 0.812. The van der Waals surface area contributed by atoms with Gasteiger partial charge < -0.3 is 15.4 Å². The smallest absolute Gasteiger partial charge is 0.356 e. The van der Waals surface area contributed by atoms with Crippen LogP contribution < -0.4 is 5.32 Å². The number of aromatic nitrogens is 2. The van der Waals surface area contributed by atoms with Gasteiger partial charge in [0.2, 0.25) is 0 Å². The maximum atomic E-state index is 11.9. The zero-order valence-corrected chi connectivity index (χ0v) is 10.8. The Morgan fingerprint density at radius 2 is 2.11 bits per heavy atom. The summed E-state index contributed by atoms with van der Waals surface area (Å²) in [5.74, 6) is -1.80. The van der Waals surface area contributed by atoms with Crippen LogP contribution in [0.15, 0.2) is 24.4 Å². The molecule has 0 aliphatic rings. The second-order valence-electron chi connectivity index (χ2n) is 3.50. The highest BCUT2D eigenvalue weighted by molar-refractivity contribution is 6.41. The van der Waals surface area contributed by atoms with Crippen molar-refractivity contribution in [3.63, 3.8) is 0 Å². The van der Waals surface area contributed by atoms with Crippen molar-refractivity contribution < 1.29 is 14.7 Å². The average molecular weight is 300 g/mol. The van der Waals surface area contributed by atoms with Crippen LogP contribution in [0.4, 0.5) is 5.69 Å². The van der Waals surface area contributed by atoms with E-state index >= 15 is 0 Å². The minimum atomic E-state index is -1.24. The molecule has 0 radical (unpaired) electrons. The molecule has 3 N–H and O–H groups in total. The van der Waals surface area contributed by atoms with E-state index in [-0.39, 0.29) is 27.3 Å². The number of hydrogen-bond acceptors (Lipinski definition) is 3. The Bertz CT molecular complexity index is 635. The lowest BCUT2D eigenvalue weighted by Crippen LogP contribution is -2.15. The molecule has 2 rings (SSSR count). The number of anilines is 1. The van der Waals surface area contributed by atoms with Gasteiger partial charge in [-0.25, -0.2) is 9.78 Å². The predicted molar refractivity (Wildman–Crippen MR) is 70.0 cm³/mol. The molecule has 0 atom stereocenters. The first kappa shape index (κ1) is 13.4. The van der Waals surface area contributed by atoms with E-state index < -0.39 is 11.9 Å². The summed E-state index contributed by atoms with van der Waals surface area (Å²) in [6, 6.07) is 4.28. The monoisotopic (exact) mass is 299 g/mol. The first-order valence-electron chi connectivity index (χ1n) is 5.02. The molecule has 0 saturated carbocycles.